The van der Waals surface area contributed by atoms with E-state index in [4.69, 9.17) is 9.05 Å². The van der Waals surface area contributed by atoms with Crippen LogP contribution < -0.4 is 4.90 Å². The van der Waals surface area contributed by atoms with Crippen molar-refractivity contribution in [1.82, 2.24) is 0 Å². The van der Waals surface area contributed by atoms with Gasteiger partial charge in [0.05, 0.1) is 12.2 Å². The predicted octanol–water partition coefficient (Wildman–Crippen LogP) is 7.89. The minimum atomic E-state index is -3.87. The molecule has 0 aliphatic heterocycles. The van der Waals surface area contributed by atoms with Crippen LogP contribution in [0.25, 0.3) is 0 Å². The molecule has 0 saturated heterocycles. The molecule has 2 aliphatic rings. The van der Waals surface area contributed by atoms with E-state index >= 15 is 0 Å². The van der Waals surface area contributed by atoms with Gasteiger partial charge < -0.3 is 19.1 Å². The number of anilines is 1. The fourth-order valence-corrected chi connectivity index (χ4v) is 8.17. The molecular weight excluding hydrogens is 457 g/mol. The van der Waals surface area contributed by atoms with Gasteiger partial charge in [-0.2, -0.15) is 0 Å². The second-order valence-electron chi connectivity index (χ2n) is 12.3. The lowest BCUT2D eigenvalue weighted by Gasteiger charge is -2.42. The third-order valence-electron chi connectivity index (χ3n) is 8.49. The van der Waals surface area contributed by atoms with Crippen molar-refractivity contribution in [2.75, 3.05) is 19.0 Å². The molecule has 0 aromatic heterocycles. The second kappa shape index (κ2) is 12.1. The molecule has 0 heterocycles. The lowest BCUT2D eigenvalue weighted by atomic mass is 9.75. The van der Waals surface area contributed by atoms with Gasteiger partial charge in [-0.05, 0) is 78.9 Å². The van der Waals surface area contributed by atoms with Gasteiger partial charge >= 0.3 is 7.60 Å². The Morgan fingerprint density at radius 3 is 1.63 bits per heavy atom. The summed E-state index contributed by atoms with van der Waals surface area (Å²) in [5.41, 5.74) is 1.62. The summed E-state index contributed by atoms with van der Waals surface area (Å²) in [6.45, 7) is 13.4. The highest BCUT2D eigenvalue weighted by Gasteiger charge is 2.46. The summed E-state index contributed by atoms with van der Waals surface area (Å²) in [7, 11) is 0.0893. The smallest absolute Gasteiger partial charge is 0.363 e. The van der Waals surface area contributed by atoms with E-state index in [2.05, 4.69) is 41.5 Å². The predicted molar refractivity (Wildman–Crippen MR) is 146 cm³/mol. The van der Waals surface area contributed by atoms with E-state index in [9.17, 15) is 9.67 Å². The van der Waals surface area contributed by atoms with Gasteiger partial charge in [0.15, 0.2) is 5.85 Å². The molecule has 2 fully saturated rings. The Morgan fingerprint density at radius 1 is 0.829 bits per heavy atom. The number of aliphatic hydroxyl groups excluding tert-OH is 1. The molecular formula is C29H50NO4P. The van der Waals surface area contributed by atoms with Crippen molar-refractivity contribution in [2.45, 2.75) is 98.1 Å². The third kappa shape index (κ3) is 7.12. The van der Waals surface area contributed by atoms with Crippen molar-refractivity contribution >= 4 is 13.3 Å². The zero-order chi connectivity index (χ0) is 25.9. The lowest BCUT2D eigenvalue weighted by Crippen LogP contribution is -2.37. The molecule has 0 amide bonds. The van der Waals surface area contributed by atoms with Crippen LogP contribution in [0.15, 0.2) is 24.3 Å². The first-order valence-corrected chi connectivity index (χ1v) is 15.4. The van der Waals surface area contributed by atoms with Crippen molar-refractivity contribution in [2.24, 2.45) is 35.5 Å². The zero-order valence-electron chi connectivity index (χ0n) is 23.3. The number of aliphatic hydroxyl groups is 1. The summed E-state index contributed by atoms with van der Waals surface area (Å²) < 4.78 is 27.8. The van der Waals surface area contributed by atoms with E-state index < -0.39 is 13.4 Å². The Hall–Kier alpha value is -0.870. The maximum absolute atomic E-state index is 14.7. The minimum Gasteiger partial charge on any atom is -0.378 e. The van der Waals surface area contributed by atoms with Crippen molar-refractivity contribution in [3.8, 4) is 0 Å². The Kier molecular flexibility index (Phi) is 9.93. The van der Waals surface area contributed by atoms with E-state index in [0.29, 0.717) is 41.1 Å². The van der Waals surface area contributed by atoms with Crippen molar-refractivity contribution < 1.29 is 18.7 Å². The van der Waals surface area contributed by atoms with Crippen LogP contribution in [0.5, 0.6) is 0 Å². The fraction of sp³-hybridized carbons (Fsp3) is 0.793. The molecule has 1 aromatic carbocycles. The molecule has 0 spiro atoms. The van der Waals surface area contributed by atoms with E-state index in [0.717, 1.165) is 44.2 Å². The van der Waals surface area contributed by atoms with Crippen LogP contribution in [0.1, 0.15) is 91.5 Å². The van der Waals surface area contributed by atoms with Crippen LogP contribution in [0, 0.1) is 35.5 Å². The van der Waals surface area contributed by atoms with Gasteiger partial charge in [-0.25, -0.2) is 0 Å². The number of rotatable bonds is 9. The average molecular weight is 508 g/mol. The van der Waals surface area contributed by atoms with Crippen LogP contribution in [-0.2, 0) is 13.6 Å². The Labute approximate surface area is 214 Å². The van der Waals surface area contributed by atoms with Gasteiger partial charge in [-0.3, -0.25) is 4.57 Å². The molecule has 2 saturated carbocycles. The summed E-state index contributed by atoms with van der Waals surface area (Å²) in [5.74, 6) is 1.21. The molecule has 1 N–H and O–H groups in total. The lowest BCUT2D eigenvalue weighted by molar-refractivity contribution is -0.0153. The Bertz CT molecular complexity index is 802. The standard InChI is InChI=1S/C29H50NO4P/c1-19(2)25-15-9-21(5)17-27(25)33-35(32,29(31)23-11-13-24(14-12-23)30(7)8)34-28-18-22(6)10-16-26(28)20(3)4/h11-14,19-22,25-29,31H,9-10,15-18H2,1-8H3/t21-,22-,25+,26+,27+,28+,29-/m0/s1. The van der Waals surface area contributed by atoms with Gasteiger partial charge in [-0.1, -0.05) is 66.5 Å². The summed E-state index contributed by atoms with van der Waals surface area (Å²) in [6, 6.07) is 7.60. The first-order valence-electron chi connectivity index (χ1n) is 13.8. The van der Waals surface area contributed by atoms with Crippen LogP contribution in [0.4, 0.5) is 5.69 Å². The van der Waals surface area contributed by atoms with Crippen molar-refractivity contribution in [1.29, 1.82) is 0 Å². The molecule has 5 nitrogen and oxygen atoms in total. The van der Waals surface area contributed by atoms with Gasteiger partial charge in [0.25, 0.3) is 0 Å². The summed E-state index contributed by atoms with van der Waals surface area (Å²) in [6.07, 6.45) is 5.83. The van der Waals surface area contributed by atoms with Gasteiger partial charge in [0.2, 0.25) is 0 Å². The summed E-state index contributed by atoms with van der Waals surface area (Å²) in [5, 5.41) is 11.6. The fourth-order valence-electron chi connectivity index (χ4n) is 6.12. The maximum Gasteiger partial charge on any atom is 0.363 e. The van der Waals surface area contributed by atoms with E-state index in [1.807, 2.05) is 43.3 Å². The highest BCUT2D eigenvalue weighted by molar-refractivity contribution is 7.54. The van der Waals surface area contributed by atoms with Crippen LogP contribution in [0.2, 0.25) is 0 Å². The van der Waals surface area contributed by atoms with Crippen LogP contribution >= 0.6 is 7.60 Å². The molecule has 6 heteroatoms. The Morgan fingerprint density at radius 2 is 1.26 bits per heavy atom. The molecule has 35 heavy (non-hydrogen) atoms. The molecule has 2 aliphatic carbocycles. The van der Waals surface area contributed by atoms with Crippen molar-refractivity contribution in [3.63, 3.8) is 0 Å². The second-order valence-corrected chi connectivity index (χ2v) is 14.3. The van der Waals surface area contributed by atoms with Crippen LogP contribution in [0.3, 0.4) is 0 Å². The SMILES string of the molecule is CC(C)[C@H]1CC[C@H](C)C[C@H]1OP(=O)(O[C@@H]1C[C@@H](C)CC[C@@H]1C(C)C)[C@H](O)c1ccc(N(C)C)cc1. The maximum atomic E-state index is 14.7. The first kappa shape index (κ1) is 28.7. The van der Waals surface area contributed by atoms with Crippen molar-refractivity contribution in [3.05, 3.63) is 29.8 Å². The first-order chi connectivity index (χ1) is 16.4. The molecule has 0 radical (unpaired) electrons. The van der Waals surface area contributed by atoms with Gasteiger partial charge in [0, 0.05) is 19.8 Å². The number of hydrogen-bond donors (Lipinski definition) is 1. The highest BCUT2D eigenvalue weighted by atomic mass is 31.2. The largest absolute Gasteiger partial charge is 0.378 e. The van der Waals surface area contributed by atoms with E-state index in [1.54, 1.807) is 0 Å². The molecule has 3 rings (SSSR count). The molecule has 200 valence electrons. The topological polar surface area (TPSA) is 59.0 Å². The monoisotopic (exact) mass is 507 g/mol. The normalized spacial score (nSPS) is 31.1. The number of hydrogen-bond acceptors (Lipinski definition) is 5. The average Bonchev–Trinajstić information content (AvgIpc) is 2.78. The van der Waals surface area contributed by atoms with Gasteiger partial charge in [-0.15, -0.1) is 0 Å². The molecule has 7 atom stereocenters. The minimum absolute atomic E-state index is 0.168. The molecule has 0 bridgehead atoms. The third-order valence-corrected chi connectivity index (χ3v) is 10.5. The Balaban J connectivity index is 1.95. The molecule has 0 unspecified atom stereocenters. The number of benzene rings is 1. The summed E-state index contributed by atoms with van der Waals surface area (Å²) >= 11 is 0. The molecule has 1 aromatic rings. The summed E-state index contributed by atoms with van der Waals surface area (Å²) in [4.78, 5) is 2.01. The van der Waals surface area contributed by atoms with Gasteiger partial charge in [0.1, 0.15) is 0 Å². The highest BCUT2D eigenvalue weighted by Crippen LogP contribution is 2.64. The van der Waals surface area contributed by atoms with E-state index in [1.165, 1.54) is 0 Å². The van der Waals surface area contributed by atoms with E-state index in [-0.39, 0.29) is 12.2 Å². The number of nitrogens with zero attached hydrogens (tertiary/aromatic N) is 1. The zero-order valence-corrected chi connectivity index (χ0v) is 24.2. The quantitative estimate of drug-likeness (QED) is 0.344. The van der Waals surface area contributed by atoms with Crippen LogP contribution in [-0.4, -0.2) is 31.4 Å².